The van der Waals surface area contributed by atoms with Gasteiger partial charge in [-0.15, -0.1) is 0 Å². The first-order chi connectivity index (χ1) is 11.8. The average molecular weight is 327 g/mol. The highest BCUT2D eigenvalue weighted by molar-refractivity contribution is 5.33. The molecule has 5 heteroatoms. The molecular weight excluding hydrogens is 302 g/mol. The maximum absolute atomic E-state index is 5.77. The summed E-state index contributed by atoms with van der Waals surface area (Å²) in [5, 5.41) is 0. The van der Waals surface area contributed by atoms with E-state index in [4.69, 9.17) is 9.47 Å². The average Bonchev–Trinajstić information content (AvgIpc) is 3.43. The summed E-state index contributed by atoms with van der Waals surface area (Å²) in [7, 11) is 1.65. The van der Waals surface area contributed by atoms with Crippen molar-refractivity contribution in [3.8, 4) is 5.75 Å². The van der Waals surface area contributed by atoms with Crippen LogP contribution in [0.15, 0.2) is 36.7 Å². The molecule has 0 unspecified atom stereocenters. The van der Waals surface area contributed by atoms with E-state index in [0.29, 0.717) is 19.3 Å². The van der Waals surface area contributed by atoms with Gasteiger partial charge < -0.3 is 9.47 Å². The molecule has 24 heavy (non-hydrogen) atoms. The van der Waals surface area contributed by atoms with Gasteiger partial charge in [0.05, 0.1) is 6.61 Å². The number of nitrogens with zero attached hydrogens (tertiary/aromatic N) is 3. The molecule has 1 aliphatic rings. The number of rotatable bonds is 9. The molecule has 2 aromatic rings. The zero-order chi connectivity index (χ0) is 16.8. The van der Waals surface area contributed by atoms with E-state index in [0.717, 1.165) is 30.2 Å². The summed E-state index contributed by atoms with van der Waals surface area (Å²) < 4.78 is 10.8. The smallest absolute Gasteiger partial charge is 0.153 e. The van der Waals surface area contributed by atoms with Crippen molar-refractivity contribution in [2.45, 2.75) is 45.5 Å². The van der Waals surface area contributed by atoms with Crippen LogP contribution in [0.5, 0.6) is 5.75 Å². The predicted molar refractivity (Wildman–Crippen MR) is 92.6 cm³/mol. The minimum absolute atomic E-state index is 0.453. The molecule has 1 saturated carbocycles. The summed E-state index contributed by atoms with van der Waals surface area (Å²) in [5.74, 6) is 1.71. The van der Waals surface area contributed by atoms with E-state index in [1.54, 1.807) is 7.11 Å². The monoisotopic (exact) mass is 327 g/mol. The summed E-state index contributed by atoms with van der Waals surface area (Å²) in [4.78, 5) is 11.2. The van der Waals surface area contributed by atoms with Crippen LogP contribution in [0, 0.1) is 0 Å². The summed E-state index contributed by atoms with van der Waals surface area (Å²) in [6.07, 6.45) is 6.34. The third-order valence-electron chi connectivity index (χ3n) is 4.13. The van der Waals surface area contributed by atoms with Crippen LogP contribution in [0.4, 0.5) is 0 Å². The minimum atomic E-state index is 0.453. The fraction of sp³-hybridized carbons (Fsp3) is 0.474. The Balaban J connectivity index is 1.69. The molecule has 3 rings (SSSR count). The molecule has 0 aliphatic heterocycles. The maximum atomic E-state index is 5.77. The van der Waals surface area contributed by atoms with Crippen molar-refractivity contribution >= 4 is 0 Å². The Hall–Kier alpha value is -1.98. The van der Waals surface area contributed by atoms with Gasteiger partial charge in [0.25, 0.3) is 0 Å². The fourth-order valence-corrected chi connectivity index (χ4v) is 2.80. The molecule has 1 aliphatic carbocycles. The quantitative estimate of drug-likeness (QED) is 0.708. The third kappa shape index (κ3) is 4.52. The highest BCUT2D eigenvalue weighted by Crippen LogP contribution is 2.31. The number of para-hydroxylation sites is 1. The highest BCUT2D eigenvalue weighted by Gasteiger charge is 2.29. The molecule has 0 bridgehead atoms. The zero-order valence-electron chi connectivity index (χ0n) is 14.4. The molecule has 0 spiro atoms. The van der Waals surface area contributed by atoms with Gasteiger partial charge in [-0.05, 0) is 25.8 Å². The van der Waals surface area contributed by atoms with Crippen molar-refractivity contribution in [1.82, 2.24) is 14.9 Å². The normalized spacial score (nSPS) is 14.1. The second-order valence-corrected chi connectivity index (χ2v) is 6.12. The topological polar surface area (TPSA) is 47.5 Å². The standard InChI is InChI=1S/C19H25N3O2/c1-3-24-18-7-5-4-6-16(18)13-22(17-8-9-17)12-15-10-20-19(14-23-2)21-11-15/h4-7,10-11,17H,3,8-9,12-14H2,1-2H3. The zero-order valence-corrected chi connectivity index (χ0v) is 14.4. The number of benzene rings is 1. The third-order valence-corrected chi connectivity index (χ3v) is 4.13. The number of ether oxygens (including phenoxy) is 2. The molecular formula is C19H25N3O2. The molecule has 1 heterocycles. The van der Waals surface area contributed by atoms with Crippen LogP contribution in [-0.2, 0) is 24.4 Å². The van der Waals surface area contributed by atoms with Gasteiger partial charge in [-0.2, -0.15) is 0 Å². The molecule has 0 saturated heterocycles. The summed E-state index contributed by atoms with van der Waals surface area (Å²) in [5.41, 5.74) is 2.37. The van der Waals surface area contributed by atoms with Crippen molar-refractivity contribution in [2.75, 3.05) is 13.7 Å². The number of aromatic nitrogens is 2. The van der Waals surface area contributed by atoms with Crippen molar-refractivity contribution in [3.05, 3.63) is 53.6 Å². The molecule has 0 N–H and O–H groups in total. The van der Waals surface area contributed by atoms with E-state index in [1.807, 2.05) is 31.5 Å². The van der Waals surface area contributed by atoms with Crippen LogP contribution in [-0.4, -0.2) is 34.6 Å². The summed E-state index contributed by atoms with van der Waals surface area (Å²) in [6.45, 7) is 4.91. The first-order valence-corrected chi connectivity index (χ1v) is 8.53. The lowest BCUT2D eigenvalue weighted by Gasteiger charge is -2.23. The van der Waals surface area contributed by atoms with Gasteiger partial charge >= 0.3 is 0 Å². The van der Waals surface area contributed by atoms with E-state index < -0.39 is 0 Å². The van der Waals surface area contributed by atoms with Crippen molar-refractivity contribution in [2.24, 2.45) is 0 Å². The van der Waals surface area contributed by atoms with E-state index >= 15 is 0 Å². The van der Waals surface area contributed by atoms with Crippen molar-refractivity contribution < 1.29 is 9.47 Å². The minimum Gasteiger partial charge on any atom is -0.494 e. The Kier molecular flexibility index (Phi) is 5.77. The molecule has 1 fully saturated rings. The van der Waals surface area contributed by atoms with Gasteiger partial charge in [-0.1, -0.05) is 18.2 Å². The highest BCUT2D eigenvalue weighted by atomic mass is 16.5. The number of hydrogen-bond acceptors (Lipinski definition) is 5. The molecule has 5 nitrogen and oxygen atoms in total. The first-order valence-electron chi connectivity index (χ1n) is 8.53. The van der Waals surface area contributed by atoms with Crippen molar-refractivity contribution in [3.63, 3.8) is 0 Å². The second kappa shape index (κ2) is 8.22. The van der Waals surface area contributed by atoms with Crippen molar-refractivity contribution in [1.29, 1.82) is 0 Å². The Labute approximate surface area is 143 Å². The van der Waals surface area contributed by atoms with Gasteiger partial charge in [-0.3, -0.25) is 4.90 Å². The molecule has 0 radical (unpaired) electrons. The molecule has 0 atom stereocenters. The predicted octanol–water partition coefficient (Wildman–Crippen LogP) is 3.19. The van der Waals surface area contributed by atoms with Gasteiger partial charge in [0.15, 0.2) is 5.82 Å². The van der Waals surface area contributed by atoms with E-state index in [-0.39, 0.29) is 0 Å². The molecule has 0 amide bonds. The summed E-state index contributed by atoms with van der Waals surface area (Å²) >= 11 is 0. The number of methoxy groups -OCH3 is 1. The second-order valence-electron chi connectivity index (χ2n) is 6.12. The van der Waals surface area contributed by atoms with E-state index in [1.165, 1.54) is 18.4 Å². The Bertz CT molecular complexity index is 641. The SMILES string of the molecule is CCOc1ccccc1CN(Cc1cnc(COC)nc1)C1CC1. The van der Waals surface area contributed by atoms with Crippen LogP contribution in [0.25, 0.3) is 0 Å². The Morgan fingerprint density at radius 3 is 2.54 bits per heavy atom. The molecule has 1 aromatic carbocycles. The summed E-state index contributed by atoms with van der Waals surface area (Å²) in [6, 6.07) is 8.95. The molecule has 1 aromatic heterocycles. The van der Waals surface area contributed by atoms with Crippen LogP contribution in [0.1, 0.15) is 36.7 Å². The van der Waals surface area contributed by atoms with Gasteiger partial charge in [0.2, 0.25) is 0 Å². The Morgan fingerprint density at radius 2 is 1.88 bits per heavy atom. The maximum Gasteiger partial charge on any atom is 0.153 e. The van der Waals surface area contributed by atoms with Crippen LogP contribution >= 0.6 is 0 Å². The Morgan fingerprint density at radius 1 is 1.12 bits per heavy atom. The molecule has 128 valence electrons. The van der Waals surface area contributed by atoms with Crippen LogP contribution in [0.2, 0.25) is 0 Å². The lowest BCUT2D eigenvalue weighted by Crippen LogP contribution is -2.25. The lowest BCUT2D eigenvalue weighted by atomic mass is 10.1. The lowest BCUT2D eigenvalue weighted by molar-refractivity contribution is 0.177. The van der Waals surface area contributed by atoms with Crippen LogP contribution < -0.4 is 4.74 Å². The van der Waals surface area contributed by atoms with Gasteiger partial charge in [-0.25, -0.2) is 9.97 Å². The first kappa shape index (κ1) is 16.9. The fourth-order valence-electron chi connectivity index (χ4n) is 2.80. The van der Waals surface area contributed by atoms with E-state index in [2.05, 4.69) is 27.0 Å². The van der Waals surface area contributed by atoms with E-state index in [9.17, 15) is 0 Å². The number of hydrogen-bond donors (Lipinski definition) is 0. The van der Waals surface area contributed by atoms with Gasteiger partial charge in [0.1, 0.15) is 12.4 Å². The largest absolute Gasteiger partial charge is 0.494 e. The van der Waals surface area contributed by atoms with Crippen LogP contribution in [0.3, 0.4) is 0 Å². The van der Waals surface area contributed by atoms with Gasteiger partial charge in [0, 0.05) is 49.8 Å².